The number of anilines is 1. The predicted octanol–water partition coefficient (Wildman–Crippen LogP) is 4.78. The molecule has 1 aliphatic rings. The Labute approximate surface area is 232 Å². The van der Waals surface area contributed by atoms with E-state index in [4.69, 9.17) is 10.5 Å². The molecule has 9 nitrogen and oxygen atoms in total. The summed E-state index contributed by atoms with van der Waals surface area (Å²) in [5.41, 5.74) is 10.4. The molecule has 4 aromatic rings. The fourth-order valence-electron chi connectivity index (χ4n) is 4.89. The Hall–Kier alpha value is -4.09. The van der Waals surface area contributed by atoms with Crippen LogP contribution in [0.5, 0.6) is 0 Å². The van der Waals surface area contributed by atoms with Crippen LogP contribution in [0.1, 0.15) is 29.2 Å². The lowest BCUT2D eigenvalue weighted by Gasteiger charge is -2.15. The van der Waals surface area contributed by atoms with Crippen molar-refractivity contribution in [1.29, 1.82) is 0 Å². The number of aromatic nitrogens is 4. The highest BCUT2D eigenvalue weighted by Gasteiger charge is 2.24. The molecule has 0 bridgehead atoms. The second-order valence-electron chi connectivity index (χ2n) is 9.81. The number of benzene rings is 2. The van der Waals surface area contributed by atoms with E-state index >= 15 is 0 Å². The number of nitrogens with one attached hydrogen (secondary N) is 1. The van der Waals surface area contributed by atoms with Crippen molar-refractivity contribution in [2.45, 2.75) is 26.2 Å². The zero-order chi connectivity index (χ0) is 28.8. The SMILES string of the molecule is COCCN1CCC(c2ccc(F)c(F)c2)C1.Cc1cc(-c2nn(-c3ccccc3)c(NC(N)=O)c2C)n(C)n1. The number of aryl methyl sites for hydroxylation is 2. The molecule has 1 saturated heterocycles. The topological polar surface area (TPSA) is 103 Å². The van der Waals surface area contributed by atoms with Gasteiger partial charge in [-0.25, -0.2) is 18.3 Å². The van der Waals surface area contributed by atoms with Gasteiger partial charge >= 0.3 is 6.03 Å². The minimum atomic E-state index is -0.775. The first kappa shape index (κ1) is 28.9. The van der Waals surface area contributed by atoms with Crippen molar-refractivity contribution >= 4 is 11.8 Å². The maximum absolute atomic E-state index is 13.1. The molecule has 11 heteroatoms. The van der Waals surface area contributed by atoms with Crippen molar-refractivity contribution in [2.24, 2.45) is 12.8 Å². The highest BCUT2D eigenvalue weighted by molar-refractivity contribution is 5.89. The minimum absolute atomic E-state index is 0.307. The molecule has 1 atom stereocenters. The Balaban J connectivity index is 0.000000194. The summed E-state index contributed by atoms with van der Waals surface area (Å²) in [4.78, 5) is 13.7. The highest BCUT2D eigenvalue weighted by atomic mass is 19.2. The van der Waals surface area contributed by atoms with Gasteiger partial charge in [0.15, 0.2) is 11.6 Å². The van der Waals surface area contributed by atoms with Gasteiger partial charge in [-0.1, -0.05) is 24.3 Å². The van der Waals surface area contributed by atoms with Gasteiger partial charge in [0.25, 0.3) is 0 Å². The second kappa shape index (κ2) is 12.8. The molecule has 212 valence electrons. The summed E-state index contributed by atoms with van der Waals surface area (Å²) in [6.07, 6.45) is 0.995. The van der Waals surface area contributed by atoms with E-state index in [1.165, 1.54) is 12.1 Å². The quantitative estimate of drug-likeness (QED) is 0.344. The number of ether oxygens (including phenoxy) is 1. The van der Waals surface area contributed by atoms with Crippen molar-refractivity contribution in [2.75, 3.05) is 38.7 Å². The van der Waals surface area contributed by atoms with E-state index in [2.05, 4.69) is 20.4 Å². The standard InChI is InChI=1S/C16H18N6O.C13H17F2NO/c1-10-9-13(21(3)19-10)14-11(2)15(18-16(17)23)22(20-14)12-7-5-4-6-8-12;1-17-7-6-16-5-4-11(9-16)10-2-3-12(14)13(15)8-10/h4-9H,1-3H3,(H3,17,18,23);2-3,8,11H,4-7,9H2,1H3. The Bertz CT molecular complexity index is 1450. The molecule has 1 aliphatic heterocycles. The molecule has 3 heterocycles. The average molecular weight is 552 g/mol. The normalized spacial score (nSPS) is 15.1. The van der Waals surface area contributed by atoms with Crippen LogP contribution in [-0.2, 0) is 11.8 Å². The average Bonchev–Trinajstić information content (AvgIpc) is 3.62. The number of hydrogen-bond acceptors (Lipinski definition) is 5. The van der Waals surface area contributed by atoms with Gasteiger partial charge in [-0.15, -0.1) is 0 Å². The maximum Gasteiger partial charge on any atom is 0.317 e. The summed E-state index contributed by atoms with van der Waals surface area (Å²) in [7, 11) is 3.55. The largest absolute Gasteiger partial charge is 0.383 e. The number of urea groups is 1. The molecule has 1 fully saturated rings. The molecular formula is C29H35F2N7O2. The number of primary amides is 1. The van der Waals surface area contributed by atoms with Gasteiger partial charge in [0, 0.05) is 32.8 Å². The number of hydrogen-bond donors (Lipinski definition) is 2. The number of nitrogens with zero attached hydrogens (tertiary/aromatic N) is 5. The van der Waals surface area contributed by atoms with Crippen molar-refractivity contribution in [1.82, 2.24) is 24.5 Å². The third-order valence-electron chi connectivity index (χ3n) is 6.91. The third-order valence-corrected chi connectivity index (χ3v) is 6.91. The lowest BCUT2D eigenvalue weighted by Crippen LogP contribution is -2.24. The van der Waals surface area contributed by atoms with E-state index in [0.717, 1.165) is 60.0 Å². The number of methoxy groups -OCH3 is 1. The monoisotopic (exact) mass is 551 g/mol. The number of nitrogens with two attached hydrogens (primary N) is 1. The zero-order valence-electron chi connectivity index (χ0n) is 23.2. The fourth-order valence-corrected chi connectivity index (χ4v) is 4.89. The number of halogens is 2. The number of rotatable bonds is 7. The van der Waals surface area contributed by atoms with Crippen LogP contribution in [0, 0.1) is 25.5 Å². The van der Waals surface area contributed by atoms with E-state index in [-0.39, 0.29) is 0 Å². The van der Waals surface area contributed by atoms with Crippen LogP contribution >= 0.6 is 0 Å². The Morgan fingerprint density at radius 2 is 1.85 bits per heavy atom. The first-order chi connectivity index (χ1) is 19.2. The number of para-hydroxylation sites is 1. The van der Waals surface area contributed by atoms with Crippen molar-refractivity contribution in [3.05, 3.63) is 83.1 Å². The van der Waals surface area contributed by atoms with Gasteiger partial charge in [-0.3, -0.25) is 10.00 Å². The van der Waals surface area contributed by atoms with E-state index in [0.29, 0.717) is 18.3 Å². The molecule has 0 saturated carbocycles. The van der Waals surface area contributed by atoms with Crippen LogP contribution in [0.4, 0.5) is 19.4 Å². The number of likely N-dealkylation sites (tertiary alicyclic amines) is 1. The summed E-state index contributed by atoms with van der Waals surface area (Å²) in [5.74, 6) is -0.666. The number of carbonyl (C=O) groups excluding carboxylic acids is 1. The first-order valence-corrected chi connectivity index (χ1v) is 13.1. The molecule has 40 heavy (non-hydrogen) atoms. The molecule has 2 aromatic carbocycles. The zero-order valence-corrected chi connectivity index (χ0v) is 23.2. The maximum atomic E-state index is 13.1. The number of carbonyl (C=O) groups is 1. The van der Waals surface area contributed by atoms with E-state index < -0.39 is 17.7 Å². The molecular weight excluding hydrogens is 516 g/mol. The second-order valence-corrected chi connectivity index (χ2v) is 9.81. The van der Waals surface area contributed by atoms with Crippen molar-refractivity contribution in [3.8, 4) is 17.1 Å². The van der Waals surface area contributed by atoms with Gasteiger partial charge in [0.05, 0.1) is 23.7 Å². The number of amides is 2. The molecule has 0 radical (unpaired) electrons. The van der Waals surface area contributed by atoms with E-state index in [1.807, 2.05) is 57.3 Å². The van der Waals surface area contributed by atoms with Gasteiger partial charge in [-0.05, 0) is 68.6 Å². The fraction of sp³-hybridized carbons (Fsp3) is 0.345. The van der Waals surface area contributed by atoms with Crippen LogP contribution in [-0.4, -0.2) is 63.8 Å². The Morgan fingerprint density at radius 3 is 2.48 bits per heavy atom. The molecule has 2 amide bonds. The summed E-state index contributed by atoms with van der Waals surface area (Å²) in [6, 6.07) is 15.1. The van der Waals surface area contributed by atoms with Crippen LogP contribution < -0.4 is 11.1 Å². The summed E-state index contributed by atoms with van der Waals surface area (Å²) in [5, 5.41) is 11.7. The van der Waals surface area contributed by atoms with Gasteiger partial charge < -0.3 is 15.4 Å². The summed E-state index contributed by atoms with van der Waals surface area (Å²) < 4.78 is 34.4. The molecule has 0 spiro atoms. The smallest absolute Gasteiger partial charge is 0.317 e. The van der Waals surface area contributed by atoms with Gasteiger partial charge in [-0.2, -0.15) is 10.2 Å². The predicted molar refractivity (Wildman–Crippen MR) is 150 cm³/mol. The molecule has 0 aliphatic carbocycles. The van der Waals surface area contributed by atoms with E-state index in [9.17, 15) is 13.6 Å². The van der Waals surface area contributed by atoms with Crippen LogP contribution in [0.2, 0.25) is 0 Å². The third kappa shape index (κ3) is 6.72. The van der Waals surface area contributed by atoms with E-state index in [1.54, 1.807) is 22.5 Å². The molecule has 2 aromatic heterocycles. The Kier molecular flexibility index (Phi) is 9.28. The minimum Gasteiger partial charge on any atom is -0.383 e. The van der Waals surface area contributed by atoms with Crippen LogP contribution in [0.15, 0.2) is 54.6 Å². The molecule has 5 rings (SSSR count). The first-order valence-electron chi connectivity index (χ1n) is 13.1. The lowest BCUT2D eigenvalue weighted by atomic mass is 9.98. The van der Waals surface area contributed by atoms with Gasteiger partial charge in [0.1, 0.15) is 11.5 Å². The van der Waals surface area contributed by atoms with Gasteiger partial charge in [0.2, 0.25) is 0 Å². The lowest BCUT2D eigenvalue weighted by molar-refractivity contribution is 0.160. The summed E-state index contributed by atoms with van der Waals surface area (Å²) >= 11 is 0. The van der Waals surface area contributed by atoms with Crippen molar-refractivity contribution in [3.63, 3.8) is 0 Å². The Morgan fingerprint density at radius 1 is 1.10 bits per heavy atom. The highest BCUT2D eigenvalue weighted by Crippen LogP contribution is 2.31. The molecule has 1 unspecified atom stereocenters. The van der Waals surface area contributed by atoms with Crippen LogP contribution in [0.25, 0.3) is 17.1 Å². The summed E-state index contributed by atoms with van der Waals surface area (Å²) in [6.45, 7) is 7.33. The van der Waals surface area contributed by atoms with Crippen molar-refractivity contribution < 1.29 is 18.3 Å². The van der Waals surface area contributed by atoms with Crippen LogP contribution in [0.3, 0.4) is 0 Å². The molecule has 3 N–H and O–H groups in total.